The first-order chi connectivity index (χ1) is 12.9. The molecule has 0 radical (unpaired) electrons. The van der Waals surface area contributed by atoms with Gasteiger partial charge in [-0.3, -0.25) is 9.97 Å². The normalized spacial score (nSPS) is 11.4. The van der Waals surface area contributed by atoms with E-state index in [4.69, 9.17) is 4.74 Å². The van der Waals surface area contributed by atoms with Crippen LogP contribution in [0.5, 0.6) is 5.75 Å². The molecule has 5 nitrogen and oxygen atoms in total. The molecule has 140 valence electrons. The van der Waals surface area contributed by atoms with Crippen LogP contribution in [0.1, 0.15) is 5.69 Å². The zero-order chi connectivity index (χ0) is 19.4. The first-order valence-electron chi connectivity index (χ1n) is 8.02. The number of methoxy groups -OCH3 is 1. The Morgan fingerprint density at radius 2 is 1.74 bits per heavy atom. The van der Waals surface area contributed by atoms with Crippen LogP contribution < -0.4 is 4.74 Å². The molecule has 0 unspecified atom stereocenters. The Bertz CT molecular complexity index is 1040. The van der Waals surface area contributed by atoms with Crippen LogP contribution >= 0.6 is 0 Å². The van der Waals surface area contributed by atoms with Crippen molar-refractivity contribution in [1.29, 1.82) is 0 Å². The van der Waals surface area contributed by atoms with E-state index < -0.39 is 26.4 Å². The monoisotopic (exact) mass is 390 g/mol. The summed E-state index contributed by atoms with van der Waals surface area (Å²) in [5, 5.41) is 0. The van der Waals surface area contributed by atoms with Crippen molar-refractivity contribution < 1.29 is 21.9 Å². The van der Waals surface area contributed by atoms with Crippen LogP contribution in [0.4, 0.5) is 8.78 Å². The van der Waals surface area contributed by atoms with Gasteiger partial charge in [0, 0.05) is 36.5 Å². The van der Waals surface area contributed by atoms with Crippen molar-refractivity contribution in [2.24, 2.45) is 0 Å². The lowest BCUT2D eigenvalue weighted by Crippen LogP contribution is -2.11. The summed E-state index contributed by atoms with van der Waals surface area (Å²) in [6, 6.07) is 10.9. The highest BCUT2D eigenvalue weighted by Gasteiger charge is 2.18. The largest absolute Gasteiger partial charge is 0.497 e. The lowest BCUT2D eigenvalue weighted by atomic mass is 10.2. The van der Waals surface area contributed by atoms with Crippen molar-refractivity contribution in [2.45, 2.75) is 11.3 Å². The van der Waals surface area contributed by atoms with Crippen LogP contribution in [0.3, 0.4) is 0 Å². The fraction of sp³-hybridized carbons (Fsp3) is 0.158. The van der Waals surface area contributed by atoms with Crippen LogP contribution in [0.25, 0.3) is 11.4 Å². The molecule has 0 saturated carbocycles. The molecule has 0 saturated heterocycles. The molecule has 2 aromatic heterocycles. The summed E-state index contributed by atoms with van der Waals surface area (Å²) in [5.74, 6) is -1.72. The SMILES string of the molecule is COc1cc(CCS(=O)(=O)c2cc(F)cc(F)c2)nc(-c2ccccn2)c1. The molecule has 0 aliphatic rings. The number of sulfone groups is 1. The Morgan fingerprint density at radius 1 is 1.00 bits per heavy atom. The molecule has 3 aromatic rings. The number of benzene rings is 1. The summed E-state index contributed by atoms with van der Waals surface area (Å²) in [6.07, 6.45) is 1.68. The van der Waals surface area contributed by atoms with Crippen molar-refractivity contribution >= 4 is 9.84 Å². The van der Waals surface area contributed by atoms with Gasteiger partial charge in [0.15, 0.2) is 9.84 Å². The smallest absolute Gasteiger partial charge is 0.178 e. The molecule has 0 amide bonds. The van der Waals surface area contributed by atoms with Gasteiger partial charge in [-0.15, -0.1) is 0 Å². The van der Waals surface area contributed by atoms with Gasteiger partial charge in [-0.1, -0.05) is 6.07 Å². The van der Waals surface area contributed by atoms with E-state index in [0.717, 1.165) is 12.1 Å². The number of aryl methyl sites for hydroxylation is 1. The van der Waals surface area contributed by atoms with E-state index in [1.165, 1.54) is 7.11 Å². The van der Waals surface area contributed by atoms with Crippen molar-refractivity contribution in [1.82, 2.24) is 9.97 Å². The molecule has 0 fully saturated rings. The van der Waals surface area contributed by atoms with Crippen LogP contribution in [0.2, 0.25) is 0 Å². The Morgan fingerprint density at radius 3 is 2.37 bits per heavy atom. The highest BCUT2D eigenvalue weighted by Crippen LogP contribution is 2.23. The van der Waals surface area contributed by atoms with E-state index in [1.807, 2.05) is 6.07 Å². The minimum atomic E-state index is -3.88. The fourth-order valence-corrected chi connectivity index (χ4v) is 3.81. The standard InChI is InChI=1S/C19H16F2N2O3S/c1-26-16-11-15(23-19(12-16)18-4-2-3-6-22-18)5-7-27(24,25)17-9-13(20)8-14(21)10-17/h2-4,6,8-12H,5,7H2,1H3. The minimum absolute atomic E-state index is 0.0531. The lowest BCUT2D eigenvalue weighted by Gasteiger charge is -2.09. The predicted octanol–water partition coefficient (Wildman–Crippen LogP) is 3.45. The molecule has 8 heteroatoms. The van der Waals surface area contributed by atoms with E-state index in [1.54, 1.807) is 30.5 Å². The maximum atomic E-state index is 13.3. The van der Waals surface area contributed by atoms with E-state index in [-0.39, 0.29) is 12.2 Å². The zero-order valence-electron chi connectivity index (χ0n) is 14.4. The van der Waals surface area contributed by atoms with E-state index in [0.29, 0.717) is 28.9 Å². The molecule has 0 aliphatic heterocycles. The number of hydrogen-bond acceptors (Lipinski definition) is 5. The van der Waals surface area contributed by atoms with Crippen molar-refractivity contribution in [2.75, 3.05) is 12.9 Å². The minimum Gasteiger partial charge on any atom is -0.497 e. The first kappa shape index (κ1) is 18.9. The summed E-state index contributed by atoms with van der Waals surface area (Å²) in [5.41, 5.74) is 1.63. The Balaban J connectivity index is 1.87. The van der Waals surface area contributed by atoms with Crippen molar-refractivity contribution in [3.05, 3.63) is 72.1 Å². The number of nitrogens with zero attached hydrogens (tertiary/aromatic N) is 2. The van der Waals surface area contributed by atoms with Crippen molar-refractivity contribution in [3.63, 3.8) is 0 Å². The number of aromatic nitrogens is 2. The molecule has 0 atom stereocenters. The molecule has 0 spiro atoms. The number of ether oxygens (including phenoxy) is 1. The highest BCUT2D eigenvalue weighted by atomic mass is 32.2. The summed E-state index contributed by atoms with van der Waals surface area (Å²) in [7, 11) is -2.38. The number of hydrogen-bond donors (Lipinski definition) is 0. The molecule has 0 N–H and O–H groups in total. The fourth-order valence-electron chi connectivity index (χ4n) is 2.52. The van der Waals surface area contributed by atoms with Crippen LogP contribution in [-0.2, 0) is 16.3 Å². The van der Waals surface area contributed by atoms with Gasteiger partial charge in [0.05, 0.1) is 29.1 Å². The van der Waals surface area contributed by atoms with Gasteiger partial charge in [0.2, 0.25) is 0 Å². The van der Waals surface area contributed by atoms with Gasteiger partial charge in [-0.2, -0.15) is 0 Å². The number of rotatable bonds is 6. The van der Waals surface area contributed by atoms with Crippen LogP contribution in [-0.4, -0.2) is 31.2 Å². The summed E-state index contributed by atoms with van der Waals surface area (Å²) < 4.78 is 56.7. The van der Waals surface area contributed by atoms with Gasteiger partial charge >= 0.3 is 0 Å². The van der Waals surface area contributed by atoms with Gasteiger partial charge < -0.3 is 4.74 Å². The maximum absolute atomic E-state index is 13.3. The summed E-state index contributed by atoms with van der Waals surface area (Å²) >= 11 is 0. The Hall–Kier alpha value is -2.87. The predicted molar refractivity (Wildman–Crippen MR) is 96.1 cm³/mol. The quantitative estimate of drug-likeness (QED) is 0.645. The maximum Gasteiger partial charge on any atom is 0.178 e. The van der Waals surface area contributed by atoms with Gasteiger partial charge in [0.1, 0.15) is 17.4 Å². The van der Waals surface area contributed by atoms with Crippen molar-refractivity contribution in [3.8, 4) is 17.1 Å². The molecular formula is C19H16F2N2O3S. The Labute approximate surface area is 155 Å². The van der Waals surface area contributed by atoms with Gasteiger partial charge in [0.25, 0.3) is 0 Å². The third-order valence-corrected chi connectivity index (χ3v) is 5.53. The molecule has 2 heterocycles. The Kier molecular flexibility index (Phi) is 5.46. The highest BCUT2D eigenvalue weighted by molar-refractivity contribution is 7.91. The molecule has 27 heavy (non-hydrogen) atoms. The molecule has 1 aromatic carbocycles. The summed E-state index contributed by atoms with van der Waals surface area (Å²) in [6.45, 7) is 0. The molecular weight excluding hydrogens is 374 g/mol. The average Bonchev–Trinajstić information content (AvgIpc) is 2.66. The topological polar surface area (TPSA) is 69.2 Å². The second-order valence-corrected chi connectivity index (χ2v) is 7.88. The second-order valence-electron chi connectivity index (χ2n) is 5.77. The second kappa shape index (κ2) is 7.79. The van der Waals surface area contributed by atoms with E-state index >= 15 is 0 Å². The number of halogens is 2. The molecule has 0 bridgehead atoms. The molecule has 3 rings (SSSR count). The van der Waals surface area contributed by atoms with Crippen LogP contribution in [0, 0.1) is 11.6 Å². The third kappa shape index (κ3) is 4.65. The first-order valence-corrected chi connectivity index (χ1v) is 9.68. The number of pyridine rings is 2. The van der Waals surface area contributed by atoms with Crippen LogP contribution in [0.15, 0.2) is 59.6 Å². The van der Waals surface area contributed by atoms with Gasteiger partial charge in [-0.05, 0) is 24.3 Å². The van der Waals surface area contributed by atoms with Gasteiger partial charge in [-0.25, -0.2) is 17.2 Å². The molecule has 0 aliphatic carbocycles. The lowest BCUT2D eigenvalue weighted by molar-refractivity contribution is 0.414. The summed E-state index contributed by atoms with van der Waals surface area (Å²) in [4.78, 5) is 8.25. The van der Waals surface area contributed by atoms with E-state index in [2.05, 4.69) is 9.97 Å². The van der Waals surface area contributed by atoms with E-state index in [9.17, 15) is 17.2 Å². The third-order valence-electron chi connectivity index (χ3n) is 3.84. The average molecular weight is 390 g/mol. The zero-order valence-corrected chi connectivity index (χ0v) is 15.2.